The van der Waals surface area contributed by atoms with Gasteiger partial charge in [-0.2, -0.15) is 0 Å². The van der Waals surface area contributed by atoms with Gasteiger partial charge in [-0.3, -0.25) is 0 Å². The Balaban J connectivity index is 3.62. The lowest BCUT2D eigenvalue weighted by Gasteiger charge is -2.31. The molecule has 0 rings (SSSR count). The van der Waals surface area contributed by atoms with Crippen LogP contribution in [0.2, 0.25) is 0 Å². The van der Waals surface area contributed by atoms with Crippen LogP contribution in [0, 0.1) is 0 Å². The minimum Gasteiger partial charge on any atom is -0.394 e. The van der Waals surface area contributed by atoms with E-state index in [2.05, 4.69) is 26.1 Å². The molecule has 4 heteroatoms. The van der Waals surface area contributed by atoms with Crippen molar-refractivity contribution in [3.63, 3.8) is 0 Å². The molecule has 0 aromatic rings. The molecule has 0 bridgehead atoms. The lowest BCUT2D eigenvalue weighted by molar-refractivity contribution is -0.0358. The van der Waals surface area contributed by atoms with Gasteiger partial charge in [0, 0.05) is 18.2 Å². The Bertz CT molecular complexity index is 226. The zero-order valence-corrected chi connectivity index (χ0v) is 13.6. The average Bonchev–Trinajstić information content (AvgIpc) is 2.25. The lowest BCUT2D eigenvalue weighted by Crippen LogP contribution is -2.49. The van der Waals surface area contributed by atoms with E-state index in [1.54, 1.807) is 0 Å². The van der Waals surface area contributed by atoms with Crippen LogP contribution < -0.4 is 5.32 Å². The number of rotatable bonds is 10. The fourth-order valence-corrected chi connectivity index (χ4v) is 1.97. The number of hydrogen-bond donors (Lipinski definition) is 2. The molecular formula is C15H33NO3. The van der Waals surface area contributed by atoms with Crippen LogP contribution >= 0.6 is 0 Å². The van der Waals surface area contributed by atoms with E-state index in [-0.39, 0.29) is 17.7 Å². The molecule has 0 aliphatic rings. The summed E-state index contributed by atoms with van der Waals surface area (Å²) in [6.07, 6.45) is 1.84. The Kier molecular flexibility index (Phi) is 8.83. The molecule has 0 aliphatic heterocycles. The normalized spacial score (nSPS) is 15.8. The molecule has 2 N–H and O–H groups in total. The highest BCUT2D eigenvalue weighted by molar-refractivity contribution is 4.83. The zero-order valence-electron chi connectivity index (χ0n) is 13.6. The van der Waals surface area contributed by atoms with Crippen molar-refractivity contribution in [3.05, 3.63) is 0 Å². The summed E-state index contributed by atoms with van der Waals surface area (Å²) >= 11 is 0. The molecule has 19 heavy (non-hydrogen) atoms. The Morgan fingerprint density at radius 3 is 2.16 bits per heavy atom. The van der Waals surface area contributed by atoms with Gasteiger partial charge >= 0.3 is 0 Å². The van der Waals surface area contributed by atoms with Crippen LogP contribution in [0.3, 0.4) is 0 Å². The molecule has 0 heterocycles. The van der Waals surface area contributed by atoms with Crippen LogP contribution in [0.4, 0.5) is 0 Å². The summed E-state index contributed by atoms with van der Waals surface area (Å²) in [4.78, 5) is 0. The number of ether oxygens (including phenoxy) is 2. The van der Waals surface area contributed by atoms with E-state index in [0.717, 1.165) is 12.8 Å². The lowest BCUT2D eigenvalue weighted by atomic mass is 9.96. The highest BCUT2D eigenvalue weighted by Gasteiger charge is 2.23. The highest BCUT2D eigenvalue weighted by atomic mass is 16.5. The van der Waals surface area contributed by atoms with Crippen LogP contribution in [0.5, 0.6) is 0 Å². The third kappa shape index (κ3) is 11.4. The third-order valence-electron chi connectivity index (χ3n) is 2.77. The van der Waals surface area contributed by atoms with Crippen LogP contribution in [0.1, 0.15) is 54.4 Å². The first-order valence-electron chi connectivity index (χ1n) is 7.29. The molecule has 0 saturated carbocycles. The quantitative estimate of drug-likeness (QED) is 0.601. The SMILES string of the molecule is CC(C)NC(C)(CO)CCCOCCOC(C)(C)C. The molecule has 0 aromatic carbocycles. The predicted molar refractivity (Wildman–Crippen MR) is 79.5 cm³/mol. The molecule has 0 radical (unpaired) electrons. The molecule has 0 fully saturated rings. The molecule has 4 nitrogen and oxygen atoms in total. The minimum atomic E-state index is -0.209. The Morgan fingerprint density at radius 1 is 1.05 bits per heavy atom. The highest BCUT2D eigenvalue weighted by Crippen LogP contribution is 2.13. The summed E-state index contributed by atoms with van der Waals surface area (Å²) in [5.74, 6) is 0. The van der Waals surface area contributed by atoms with E-state index in [0.29, 0.717) is 25.9 Å². The van der Waals surface area contributed by atoms with Crippen LogP contribution in [0.15, 0.2) is 0 Å². The van der Waals surface area contributed by atoms with Crippen molar-refractivity contribution >= 4 is 0 Å². The van der Waals surface area contributed by atoms with E-state index in [9.17, 15) is 5.11 Å². The fourth-order valence-electron chi connectivity index (χ4n) is 1.97. The van der Waals surface area contributed by atoms with Crippen LogP contribution in [0.25, 0.3) is 0 Å². The summed E-state index contributed by atoms with van der Waals surface area (Å²) in [5.41, 5.74) is -0.306. The van der Waals surface area contributed by atoms with Gasteiger partial charge in [-0.15, -0.1) is 0 Å². The van der Waals surface area contributed by atoms with E-state index in [4.69, 9.17) is 9.47 Å². The molecular weight excluding hydrogens is 242 g/mol. The minimum absolute atomic E-state index is 0.0972. The van der Waals surface area contributed by atoms with Gasteiger partial charge in [0.1, 0.15) is 0 Å². The van der Waals surface area contributed by atoms with Gasteiger partial charge in [0.2, 0.25) is 0 Å². The van der Waals surface area contributed by atoms with Gasteiger partial charge in [-0.05, 0) is 40.5 Å². The summed E-state index contributed by atoms with van der Waals surface area (Å²) in [7, 11) is 0. The molecule has 0 amide bonds. The van der Waals surface area contributed by atoms with Crippen molar-refractivity contribution in [2.75, 3.05) is 26.4 Å². The number of aliphatic hydroxyl groups is 1. The van der Waals surface area contributed by atoms with Crippen LogP contribution in [-0.4, -0.2) is 48.7 Å². The number of hydrogen-bond acceptors (Lipinski definition) is 4. The van der Waals surface area contributed by atoms with Gasteiger partial charge < -0.3 is 19.9 Å². The first kappa shape index (κ1) is 18.8. The predicted octanol–water partition coefficient (Wildman–Crippen LogP) is 2.35. The van der Waals surface area contributed by atoms with Crippen molar-refractivity contribution in [1.82, 2.24) is 5.32 Å². The Labute approximate surface area is 118 Å². The van der Waals surface area contributed by atoms with E-state index < -0.39 is 0 Å². The number of nitrogens with one attached hydrogen (secondary N) is 1. The fraction of sp³-hybridized carbons (Fsp3) is 1.00. The first-order chi connectivity index (χ1) is 8.68. The van der Waals surface area contributed by atoms with Crippen LogP contribution in [-0.2, 0) is 9.47 Å². The van der Waals surface area contributed by atoms with Gasteiger partial charge in [0.25, 0.3) is 0 Å². The molecule has 0 saturated heterocycles. The molecule has 116 valence electrons. The van der Waals surface area contributed by atoms with Gasteiger partial charge in [0.15, 0.2) is 0 Å². The second-order valence-electron chi connectivity index (χ2n) is 6.69. The second kappa shape index (κ2) is 8.90. The molecule has 1 atom stereocenters. The second-order valence-corrected chi connectivity index (χ2v) is 6.69. The van der Waals surface area contributed by atoms with Crippen molar-refractivity contribution in [2.24, 2.45) is 0 Å². The topological polar surface area (TPSA) is 50.7 Å². The maximum atomic E-state index is 9.44. The van der Waals surface area contributed by atoms with Crippen molar-refractivity contribution < 1.29 is 14.6 Å². The van der Waals surface area contributed by atoms with Crippen molar-refractivity contribution in [3.8, 4) is 0 Å². The zero-order chi connectivity index (χ0) is 14.9. The van der Waals surface area contributed by atoms with Gasteiger partial charge in [0.05, 0.1) is 25.4 Å². The molecule has 0 aliphatic carbocycles. The van der Waals surface area contributed by atoms with Gasteiger partial charge in [-0.1, -0.05) is 13.8 Å². The summed E-state index contributed by atoms with van der Waals surface area (Å²) in [6, 6.07) is 0.373. The summed E-state index contributed by atoms with van der Waals surface area (Å²) < 4.78 is 11.1. The number of aliphatic hydroxyl groups excluding tert-OH is 1. The summed E-state index contributed by atoms with van der Waals surface area (Å²) in [6.45, 7) is 14.5. The largest absolute Gasteiger partial charge is 0.394 e. The third-order valence-corrected chi connectivity index (χ3v) is 2.77. The smallest absolute Gasteiger partial charge is 0.0707 e. The van der Waals surface area contributed by atoms with E-state index in [1.165, 1.54) is 0 Å². The van der Waals surface area contributed by atoms with E-state index in [1.807, 2.05) is 20.8 Å². The molecule has 0 spiro atoms. The first-order valence-corrected chi connectivity index (χ1v) is 7.29. The standard InChI is InChI=1S/C15H33NO3/c1-13(2)16-15(6,12-17)8-7-9-18-10-11-19-14(3,4)5/h13,16-17H,7-12H2,1-6H3. The Morgan fingerprint density at radius 2 is 1.68 bits per heavy atom. The van der Waals surface area contributed by atoms with Crippen molar-refractivity contribution in [1.29, 1.82) is 0 Å². The maximum absolute atomic E-state index is 9.44. The monoisotopic (exact) mass is 275 g/mol. The Hall–Kier alpha value is -0.160. The van der Waals surface area contributed by atoms with Crippen molar-refractivity contribution in [2.45, 2.75) is 71.6 Å². The average molecular weight is 275 g/mol. The maximum Gasteiger partial charge on any atom is 0.0707 e. The molecule has 1 unspecified atom stereocenters. The summed E-state index contributed by atoms with van der Waals surface area (Å²) in [5, 5.41) is 12.8. The van der Waals surface area contributed by atoms with E-state index >= 15 is 0 Å². The van der Waals surface area contributed by atoms with Gasteiger partial charge in [-0.25, -0.2) is 0 Å². The molecule has 0 aromatic heterocycles.